The molecular formula is C13H30N2. The smallest absolute Gasteiger partial charge is 0.0105 e. The Kier molecular flexibility index (Phi) is 9.12. The summed E-state index contributed by atoms with van der Waals surface area (Å²) in [6.45, 7) is 12.4. The highest BCUT2D eigenvalue weighted by Gasteiger charge is 2.17. The Bertz CT molecular complexity index is 132. The van der Waals surface area contributed by atoms with E-state index in [1.54, 1.807) is 0 Å². The topological polar surface area (TPSA) is 29.3 Å². The largest absolute Gasteiger partial charge is 0.330 e. The van der Waals surface area contributed by atoms with Crippen LogP contribution < -0.4 is 5.73 Å². The zero-order valence-electron chi connectivity index (χ0n) is 11.1. The third-order valence-corrected chi connectivity index (χ3v) is 3.54. The van der Waals surface area contributed by atoms with E-state index >= 15 is 0 Å². The van der Waals surface area contributed by atoms with E-state index in [2.05, 4.69) is 32.6 Å². The quantitative estimate of drug-likeness (QED) is 0.639. The molecule has 0 aliphatic carbocycles. The van der Waals surface area contributed by atoms with Crippen LogP contribution in [0, 0.1) is 5.92 Å². The van der Waals surface area contributed by atoms with Crippen LogP contribution in [0.25, 0.3) is 0 Å². The minimum atomic E-state index is 0.695. The summed E-state index contributed by atoms with van der Waals surface area (Å²) in [5.41, 5.74) is 5.67. The second-order valence-electron chi connectivity index (χ2n) is 4.41. The van der Waals surface area contributed by atoms with E-state index in [0.717, 1.165) is 25.4 Å². The molecule has 2 N–H and O–H groups in total. The maximum absolute atomic E-state index is 5.67. The molecule has 0 amide bonds. The van der Waals surface area contributed by atoms with Gasteiger partial charge in [0.05, 0.1) is 0 Å². The van der Waals surface area contributed by atoms with Gasteiger partial charge in [0.2, 0.25) is 0 Å². The van der Waals surface area contributed by atoms with Gasteiger partial charge in [0.25, 0.3) is 0 Å². The molecule has 15 heavy (non-hydrogen) atoms. The van der Waals surface area contributed by atoms with Gasteiger partial charge in [0.1, 0.15) is 0 Å². The maximum atomic E-state index is 5.67. The average Bonchev–Trinajstić information content (AvgIpc) is 2.28. The molecule has 2 heteroatoms. The van der Waals surface area contributed by atoms with Gasteiger partial charge in [-0.05, 0) is 31.8 Å². The highest BCUT2D eigenvalue weighted by molar-refractivity contribution is 4.72. The molecule has 0 aromatic carbocycles. The molecule has 0 saturated heterocycles. The van der Waals surface area contributed by atoms with Crippen molar-refractivity contribution in [3.05, 3.63) is 0 Å². The van der Waals surface area contributed by atoms with Crippen molar-refractivity contribution in [3.63, 3.8) is 0 Å². The third-order valence-electron chi connectivity index (χ3n) is 3.54. The fourth-order valence-corrected chi connectivity index (χ4v) is 2.25. The fraction of sp³-hybridized carbons (Fsp3) is 1.00. The van der Waals surface area contributed by atoms with Crippen LogP contribution >= 0.6 is 0 Å². The number of hydrogen-bond donors (Lipinski definition) is 1. The Morgan fingerprint density at radius 1 is 1.00 bits per heavy atom. The van der Waals surface area contributed by atoms with E-state index in [4.69, 9.17) is 5.73 Å². The lowest BCUT2D eigenvalue weighted by atomic mass is 10.0. The predicted molar refractivity (Wildman–Crippen MR) is 69.1 cm³/mol. The van der Waals surface area contributed by atoms with Gasteiger partial charge >= 0.3 is 0 Å². The highest BCUT2D eigenvalue weighted by atomic mass is 15.1. The summed E-state index contributed by atoms with van der Waals surface area (Å²) >= 11 is 0. The molecular weight excluding hydrogens is 184 g/mol. The SMILES string of the molecule is CCC(CC)CN(CC)C(CC)CCN. The van der Waals surface area contributed by atoms with Crippen LogP contribution in [0.3, 0.4) is 0 Å². The van der Waals surface area contributed by atoms with Gasteiger partial charge in [-0.2, -0.15) is 0 Å². The van der Waals surface area contributed by atoms with Gasteiger partial charge < -0.3 is 10.6 Å². The Morgan fingerprint density at radius 3 is 1.93 bits per heavy atom. The van der Waals surface area contributed by atoms with Crippen molar-refractivity contribution in [2.24, 2.45) is 11.7 Å². The zero-order valence-corrected chi connectivity index (χ0v) is 11.1. The monoisotopic (exact) mass is 214 g/mol. The van der Waals surface area contributed by atoms with E-state index in [9.17, 15) is 0 Å². The van der Waals surface area contributed by atoms with Gasteiger partial charge in [0, 0.05) is 12.6 Å². The summed E-state index contributed by atoms with van der Waals surface area (Å²) < 4.78 is 0. The van der Waals surface area contributed by atoms with E-state index in [0.29, 0.717) is 6.04 Å². The van der Waals surface area contributed by atoms with Crippen LogP contribution in [-0.2, 0) is 0 Å². The Labute approximate surface area is 96.2 Å². The van der Waals surface area contributed by atoms with Gasteiger partial charge in [0.15, 0.2) is 0 Å². The molecule has 0 fully saturated rings. The van der Waals surface area contributed by atoms with Crippen LogP contribution in [0.1, 0.15) is 53.4 Å². The van der Waals surface area contributed by atoms with Crippen molar-refractivity contribution in [1.82, 2.24) is 4.90 Å². The van der Waals surface area contributed by atoms with Crippen molar-refractivity contribution >= 4 is 0 Å². The predicted octanol–water partition coefficient (Wildman–Crippen LogP) is 2.87. The molecule has 0 aliphatic rings. The summed E-state index contributed by atoms with van der Waals surface area (Å²) in [5, 5.41) is 0. The van der Waals surface area contributed by atoms with Gasteiger partial charge in [-0.25, -0.2) is 0 Å². The first-order valence-electron chi connectivity index (χ1n) is 6.67. The van der Waals surface area contributed by atoms with Gasteiger partial charge in [-0.3, -0.25) is 0 Å². The fourth-order valence-electron chi connectivity index (χ4n) is 2.25. The zero-order chi connectivity index (χ0) is 11.7. The summed E-state index contributed by atoms with van der Waals surface area (Å²) in [6, 6.07) is 0.695. The molecule has 0 heterocycles. The van der Waals surface area contributed by atoms with Crippen molar-refractivity contribution in [2.75, 3.05) is 19.6 Å². The number of nitrogens with zero attached hydrogens (tertiary/aromatic N) is 1. The first-order chi connectivity index (χ1) is 7.23. The molecule has 0 saturated carbocycles. The summed E-state index contributed by atoms with van der Waals surface area (Å²) in [4.78, 5) is 2.62. The minimum Gasteiger partial charge on any atom is -0.330 e. The van der Waals surface area contributed by atoms with Crippen LogP contribution in [0.5, 0.6) is 0 Å². The molecule has 0 radical (unpaired) electrons. The molecule has 92 valence electrons. The van der Waals surface area contributed by atoms with Crippen molar-refractivity contribution < 1.29 is 0 Å². The van der Waals surface area contributed by atoms with Gasteiger partial charge in [-0.15, -0.1) is 0 Å². The lowest BCUT2D eigenvalue weighted by Gasteiger charge is -2.32. The van der Waals surface area contributed by atoms with Crippen LogP contribution in [0.2, 0.25) is 0 Å². The molecule has 2 nitrogen and oxygen atoms in total. The molecule has 0 aromatic rings. The summed E-state index contributed by atoms with van der Waals surface area (Å²) in [6.07, 6.45) is 4.97. The second-order valence-corrected chi connectivity index (χ2v) is 4.41. The molecule has 0 aromatic heterocycles. The molecule has 1 atom stereocenters. The van der Waals surface area contributed by atoms with Crippen LogP contribution in [-0.4, -0.2) is 30.6 Å². The first-order valence-corrected chi connectivity index (χ1v) is 6.67. The van der Waals surface area contributed by atoms with Crippen molar-refractivity contribution in [2.45, 2.75) is 59.4 Å². The number of nitrogens with two attached hydrogens (primary N) is 1. The molecule has 0 aliphatic heterocycles. The maximum Gasteiger partial charge on any atom is 0.0105 e. The average molecular weight is 214 g/mol. The Morgan fingerprint density at radius 2 is 1.60 bits per heavy atom. The van der Waals surface area contributed by atoms with E-state index in [-0.39, 0.29) is 0 Å². The molecule has 0 bridgehead atoms. The van der Waals surface area contributed by atoms with Crippen molar-refractivity contribution in [1.29, 1.82) is 0 Å². The van der Waals surface area contributed by atoms with E-state index < -0.39 is 0 Å². The summed E-state index contributed by atoms with van der Waals surface area (Å²) in [7, 11) is 0. The third kappa shape index (κ3) is 5.53. The highest BCUT2D eigenvalue weighted by Crippen LogP contribution is 2.15. The second kappa shape index (κ2) is 9.17. The lowest BCUT2D eigenvalue weighted by molar-refractivity contribution is 0.159. The number of rotatable bonds is 9. The normalized spacial score (nSPS) is 13.8. The standard InChI is InChI=1S/C13H30N2/c1-5-12(6-2)11-15(8-4)13(7-3)9-10-14/h12-13H,5-11,14H2,1-4H3. The van der Waals surface area contributed by atoms with Crippen LogP contribution in [0.15, 0.2) is 0 Å². The molecule has 0 rings (SSSR count). The molecule has 0 spiro atoms. The number of hydrogen-bond acceptors (Lipinski definition) is 2. The molecule has 1 unspecified atom stereocenters. The van der Waals surface area contributed by atoms with E-state index in [1.807, 2.05) is 0 Å². The van der Waals surface area contributed by atoms with Crippen LogP contribution in [0.4, 0.5) is 0 Å². The lowest BCUT2D eigenvalue weighted by Crippen LogP contribution is -2.39. The Balaban J connectivity index is 4.17. The van der Waals surface area contributed by atoms with Crippen molar-refractivity contribution in [3.8, 4) is 0 Å². The summed E-state index contributed by atoms with van der Waals surface area (Å²) in [5.74, 6) is 0.858. The minimum absolute atomic E-state index is 0.695. The first kappa shape index (κ1) is 14.9. The van der Waals surface area contributed by atoms with Gasteiger partial charge in [-0.1, -0.05) is 40.5 Å². The Hall–Kier alpha value is -0.0800. The van der Waals surface area contributed by atoms with E-state index in [1.165, 1.54) is 25.8 Å².